The zero-order chi connectivity index (χ0) is 26.3. The Morgan fingerprint density at radius 2 is 1.89 bits per heavy atom. The molecule has 0 radical (unpaired) electrons. The second-order valence-electron chi connectivity index (χ2n) is 9.32. The van der Waals surface area contributed by atoms with Gasteiger partial charge in [-0.1, -0.05) is 17.7 Å². The molecule has 2 aromatic carbocycles. The van der Waals surface area contributed by atoms with Gasteiger partial charge < -0.3 is 19.7 Å². The van der Waals surface area contributed by atoms with E-state index in [0.29, 0.717) is 24.3 Å². The maximum atomic E-state index is 13.9. The van der Waals surface area contributed by atoms with Gasteiger partial charge in [0.15, 0.2) is 0 Å². The highest BCUT2D eigenvalue weighted by molar-refractivity contribution is 7.10. The lowest BCUT2D eigenvalue weighted by Crippen LogP contribution is -2.30. The number of carbonyl (C=O) groups excluding carboxylic acids is 2. The molecule has 1 aliphatic heterocycles. The lowest BCUT2D eigenvalue weighted by Gasteiger charge is -2.22. The topological polar surface area (TPSA) is 57.6 Å². The van der Waals surface area contributed by atoms with Crippen LogP contribution >= 0.6 is 22.9 Å². The fourth-order valence-corrected chi connectivity index (χ4v) is 5.71. The Hall–Kier alpha value is -3.46. The van der Waals surface area contributed by atoms with Crippen LogP contribution in [0.5, 0.6) is 0 Å². The number of benzene rings is 2. The molecule has 1 N–H and O–H groups in total. The van der Waals surface area contributed by atoms with Crippen LogP contribution in [0.15, 0.2) is 60.0 Å². The van der Waals surface area contributed by atoms with Crippen LogP contribution in [0, 0.1) is 12.7 Å². The first-order chi connectivity index (χ1) is 17.7. The number of aromatic nitrogens is 1. The smallest absolute Gasteiger partial charge is 0.260 e. The molecule has 0 spiro atoms. The van der Waals surface area contributed by atoms with E-state index < -0.39 is 11.7 Å². The summed E-state index contributed by atoms with van der Waals surface area (Å²) in [6.07, 6.45) is 0. The SMILES string of the molecule is Cc1c(F)cccc1C(=O)Nc1ccc(C(=O)N2Cc3ccc(CN(C)C)n3Cc3sccc32)c(Cl)c1. The van der Waals surface area contributed by atoms with Crippen LogP contribution in [0.3, 0.4) is 0 Å². The Labute approximate surface area is 223 Å². The first-order valence-corrected chi connectivity index (χ1v) is 13.0. The van der Waals surface area contributed by atoms with Crippen molar-refractivity contribution in [2.24, 2.45) is 0 Å². The number of fused-ring (bicyclic) bond motifs is 2. The third kappa shape index (κ3) is 4.92. The molecular formula is C28H26ClFN4O2S. The van der Waals surface area contributed by atoms with Gasteiger partial charge in [-0.15, -0.1) is 11.3 Å². The molecule has 0 bridgehead atoms. The fourth-order valence-electron chi connectivity index (χ4n) is 4.59. The predicted octanol–water partition coefficient (Wildman–Crippen LogP) is 6.17. The van der Waals surface area contributed by atoms with Crippen LogP contribution in [-0.4, -0.2) is 35.4 Å². The zero-order valence-electron chi connectivity index (χ0n) is 20.7. The second kappa shape index (κ2) is 10.1. The van der Waals surface area contributed by atoms with Crippen LogP contribution in [0.25, 0.3) is 0 Å². The quantitative estimate of drug-likeness (QED) is 0.332. The Balaban J connectivity index is 1.41. The predicted molar refractivity (Wildman–Crippen MR) is 146 cm³/mol. The fraction of sp³-hybridized carbons (Fsp3) is 0.214. The molecule has 9 heteroatoms. The largest absolute Gasteiger partial charge is 0.340 e. The molecule has 0 atom stereocenters. The number of thiophene rings is 1. The minimum absolute atomic E-state index is 0.215. The molecule has 3 heterocycles. The van der Waals surface area contributed by atoms with Crippen molar-refractivity contribution in [1.82, 2.24) is 9.47 Å². The van der Waals surface area contributed by atoms with Gasteiger partial charge in [-0.3, -0.25) is 9.59 Å². The number of amides is 2. The summed E-state index contributed by atoms with van der Waals surface area (Å²) >= 11 is 8.19. The van der Waals surface area contributed by atoms with Gasteiger partial charge in [-0.25, -0.2) is 4.39 Å². The number of rotatable bonds is 5. The van der Waals surface area contributed by atoms with Crippen LogP contribution < -0.4 is 10.2 Å². The van der Waals surface area contributed by atoms with E-state index in [1.807, 2.05) is 25.5 Å². The summed E-state index contributed by atoms with van der Waals surface area (Å²) in [6.45, 7) is 3.49. The Kier molecular flexibility index (Phi) is 6.90. The van der Waals surface area contributed by atoms with Crippen molar-refractivity contribution < 1.29 is 14.0 Å². The van der Waals surface area contributed by atoms with Crippen LogP contribution in [0.1, 0.15) is 42.5 Å². The Bertz CT molecular complexity index is 1510. The highest BCUT2D eigenvalue weighted by Gasteiger charge is 2.28. The van der Waals surface area contributed by atoms with Crippen molar-refractivity contribution >= 4 is 46.1 Å². The zero-order valence-corrected chi connectivity index (χ0v) is 22.3. The molecule has 1 aliphatic rings. The summed E-state index contributed by atoms with van der Waals surface area (Å²) in [5, 5.41) is 4.97. The third-order valence-electron chi connectivity index (χ3n) is 6.49. The molecule has 0 saturated carbocycles. The number of carbonyl (C=O) groups is 2. The monoisotopic (exact) mass is 536 g/mol. The first-order valence-electron chi connectivity index (χ1n) is 11.8. The standard InChI is InChI=1S/C28H26ClFN4O2S/c1-17-21(5-4-6-24(17)30)27(35)31-18-7-10-22(23(29)13-18)28(36)34-15-20-9-8-19(14-32(2)3)33(20)16-26-25(34)11-12-37-26/h4-13H,14-16H2,1-3H3,(H,31,35). The summed E-state index contributed by atoms with van der Waals surface area (Å²) in [4.78, 5) is 31.5. The lowest BCUT2D eigenvalue weighted by atomic mass is 10.1. The minimum atomic E-state index is -0.447. The highest BCUT2D eigenvalue weighted by atomic mass is 35.5. The molecule has 0 saturated heterocycles. The minimum Gasteiger partial charge on any atom is -0.340 e. The highest BCUT2D eigenvalue weighted by Crippen LogP contribution is 2.35. The van der Waals surface area contributed by atoms with Gasteiger partial charge in [0.25, 0.3) is 11.8 Å². The Morgan fingerprint density at radius 1 is 1.08 bits per heavy atom. The van der Waals surface area contributed by atoms with Gasteiger partial charge >= 0.3 is 0 Å². The molecule has 0 unspecified atom stereocenters. The van der Waals surface area contributed by atoms with Crippen molar-refractivity contribution in [2.75, 3.05) is 24.3 Å². The van der Waals surface area contributed by atoms with Crippen LogP contribution in [0.4, 0.5) is 15.8 Å². The van der Waals surface area contributed by atoms with Crippen molar-refractivity contribution in [3.8, 4) is 0 Å². The van der Waals surface area contributed by atoms with Crippen LogP contribution in [0.2, 0.25) is 5.02 Å². The average Bonchev–Trinajstić information content (AvgIpc) is 3.42. The molecule has 37 heavy (non-hydrogen) atoms. The molecule has 6 nitrogen and oxygen atoms in total. The first kappa shape index (κ1) is 25.2. The van der Waals surface area contributed by atoms with E-state index in [9.17, 15) is 14.0 Å². The van der Waals surface area contributed by atoms with Crippen molar-refractivity contribution in [2.45, 2.75) is 26.6 Å². The number of halogens is 2. The molecule has 190 valence electrons. The third-order valence-corrected chi connectivity index (χ3v) is 7.70. The number of nitrogens with one attached hydrogen (secondary N) is 1. The molecule has 5 rings (SSSR count). The number of hydrogen-bond donors (Lipinski definition) is 1. The Morgan fingerprint density at radius 3 is 2.65 bits per heavy atom. The summed E-state index contributed by atoms with van der Waals surface area (Å²) < 4.78 is 16.2. The van der Waals surface area contributed by atoms with E-state index >= 15 is 0 Å². The molecule has 0 aliphatic carbocycles. The van der Waals surface area contributed by atoms with Crippen molar-refractivity contribution in [1.29, 1.82) is 0 Å². The average molecular weight is 537 g/mol. The molecule has 2 amide bonds. The number of nitrogens with zero attached hydrogens (tertiary/aromatic N) is 3. The van der Waals surface area contributed by atoms with E-state index in [4.69, 9.17) is 11.6 Å². The van der Waals surface area contributed by atoms with Crippen molar-refractivity contribution in [3.05, 3.63) is 104 Å². The maximum absolute atomic E-state index is 13.9. The molecular weight excluding hydrogens is 511 g/mol. The van der Waals surface area contributed by atoms with E-state index in [0.717, 1.165) is 22.8 Å². The molecule has 0 fully saturated rings. The normalized spacial score (nSPS) is 12.8. The van der Waals surface area contributed by atoms with E-state index in [2.05, 4.69) is 26.9 Å². The van der Waals surface area contributed by atoms with Gasteiger partial charge in [0, 0.05) is 34.1 Å². The van der Waals surface area contributed by atoms with E-state index in [-0.39, 0.29) is 22.1 Å². The number of anilines is 2. The van der Waals surface area contributed by atoms with Crippen LogP contribution in [-0.2, 0) is 19.6 Å². The summed E-state index contributed by atoms with van der Waals surface area (Å²) in [6, 6.07) is 15.3. The van der Waals surface area contributed by atoms with Gasteiger partial charge in [-0.05, 0) is 80.5 Å². The second-order valence-corrected chi connectivity index (χ2v) is 10.7. The summed E-state index contributed by atoms with van der Waals surface area (Å²) in [5.74, 6) is -1.11. The van der Waals surface area contributed by atoms with Gasteiger partial charge in [-0.2, -0.15) is 0 Å². The van der Waals surface area contributed by atoms with E-state index in [1.54, 1.807) is 47.4 Å². The summed E-state index contributed by atoms with van der Waals surface area (Å²) in [5.41, 5.74) is 4.40. The molecule has 4 aromatic rings. The van der Waals surface area contributed by atoms with Gasteiger partial charge in [0.05, 0.1) is 29.4 Å². The molecule has 2 aromatic heterocycles. The lowest BCUT2D eigenvalue weighted by molar-refractivity contribution is 0.0984. The van der Waals surface area contributed by atoms with Gasteiger partial charge in [0.1, 0.15) is 5.82 Å². The van der Waals surface area contributed by atoms with Crippen molar-refractivity contribution in [3.63, 3.8) is 0 Å². The van der Waals surface area contributed by atoms with E-state index in [1.165, 1.54) is 17.8 Å². The number of hydrogen-bond acceptors (Lipinski definition) is 4. The van der Waals surface area contributed by atoms with Gasteiger partial charge in [0.2, 0.25) is 0 Å². The maximum Gasteiger partial charge on any atom is 0.260 e. The summed E-state index contributed by atoms with van der Waals surface area (Å²) in [7, 11) is 4.08.